The van der Waals surface area contributed by atoms with E-state index in [0.29, 0.717) is 26.1 Å². The molecule has 1 aromatic rings. The van der Waals surface area contributed by atoms with Gasteiger partial charge in [0.15, 0.2) is 11.6 Å². The number of Topliss-reactive ketones (excluding diaryl/α,β-unsaturated/α-hetero) is 1. The van der Waals surface area contributed by atoms with Crippen LogP contribution in [0.5, 0.6) is 0 Å². The summed E-state index contributed by atoms with van der Waals surface area (Å²) in [7, 11) is 0. The highest BCUT2D eigenvalue weighted by molar-refractivity contribution is 7.12. The summed E-state index contributed by atoms with van der Waals surface area (Å²) < 4.78 is 11.3. The zero-order chi connectivity index (χ0) is 9.60. The Balaban J connectivity index is 2.12. The lowest BCUT2D eigenvalue weighted by Gasteiger charge is -2.30. The Morgan fingerprint density at radius 1 is 1.36 bits per heavy atom. The van der Waals surface area contributed by atoms with E-state index < -0.39 is 5.79 Å². The van der Waals surface area contributed by atoms with Crippen molar-refractivity contribution in [1.82, 2.24) is 0 Å². The fourth-order valence-corrected chi connectivity index (χ4v) is 3.03. The molecule has 14 heavy (non-hydrogen) atoms. The van der Waals surface area contributed by atoms with Crippen LogP contribution in [0.25, 0.3) is 0 Å². The summed E-state index contributed by atoms with van der Waals surface area (Å²) in [6, 6.07) is 1.95. The van der Waals surface area contributed by atoms with Gasteiger partial charge < -0.3 is 9.47 Å². The van der Waals surface area contributed by atoms with Gasteiger partial charge in [0.1, 0.15) is 0 Å². The van der Waals surface area contributed by atoms with Gasteiger partial charge in [0.2, 0.25) is 0 Å². The van der Waals surface area contributed by atoms with Crippen LogP contribution in [0.1, 0.15) is 28.1 Å². The molecule has 0 saturated carbocycles. The smallest absolute Gasteiger partial charge is 0.196 e. The van der Waals surface area contributed by atoms with E-state index in [-0.39, 0.29) is 5.78 Å². The Morgan fingerprint density at radius 3 is 2.93 bits per heavy atom. The van der Waals surface area contributed by atoms with Crippen molar-refractivity contribution in [2.24, 2.45) is 0 Å². The number of carbonyl (C=O) groups excluding carboxylic acids is 1. The average molecular weight is 210 g/mol. The molecule has 1 spiro atoms. The monoisotopic (exact) mass is 210 g/mol. The molecule has 1 fully saturated rings. The molecule has 0 unspecified atom stereocenters. The lowest BCUT2D eigenvalue weighted by molar-refractivity contribution is -0.172. The first-order chi connectivity index (χ1) is 6.82. The summed E-state index contributed by atoms with van der Waals surface area (Å²) in [4.78, 5) is 12.4. The molecular weight excluding hydrogens is 200 g/mol. The van der Waals surface area contributed by atoms with Crippen LogP contribution in [0.3, 0.4) is 0 Å². The summed E-state index contributed by atoms with van der Waals surface area (Å²) in [6.07, 6.45) is 1.20. The molecular formula is C10H10O3S. The molecule has 3 nitrogen and oxygen atoms in total. The largest absolute Gasteiger partial charge is 0.343 e. The van der Waals surface area contributed by atoms with Gasteiger partial charge in [-0.25, -0.2) is 0 Å². The Bertz CT molecular complexity index is 376. The molecule has 0 aromatic carbocycles. The molecule has 0 radical (unpaired) electrons. The lowest BCUT2D eigenvalue weighted by Crippen LogP contribution is -2.32. The van der Waals surface area contributed by atoms with Crippen LogP contribution in [0, 0.1) is 0 Å². The SMILES string of the molecule is O=C1CCC2(OCCO2)c2ccsc21. The van der Waals surface area contributed by atoms with E-state index in [9.17, 15) is 4.79 Å². The number of ketones is 1. The molecule has 2 aliphatic rings. The van der Waals surface area contributed by atoms with Crippen molar-refractivity contribution >= 4 is 17.1 Å². The average Bonchev–Trinajstić information content (AvgIpc) is 2.82. The number of hydrogen-bond donors (Lipinski definition) is 0. The van der Waals surface area contributed by atoms with Crippen molar-refractivity contribution in [2.45, 2.75) is 18.6 Å². The van der Waals surface area contributed by atoms with Gasteiger partial charge in [-0.15, -0.1) is 11.3 Å². The normalized spacial score (nSPS) is 24.1. The number of rotatable bonds is 0. The Kier molecular flexibility index (Phi) is 1.77. The first kappa shape index (κ1) is 8.59. The van der Waals surface area contributed by atoms with Crippen molar-refractivity contribution in [2.75, 3.05) is 13.2 Å². The van der Waals surface area contributed by atoms with E-state index in [0.717, 1.165) is 10.4 Å². The first-order valence-electron chi connectivity index (χ1n) is 4.71. The third-order valence-corrected chi connectivity index (χ3v) is 3.72. The molecule has 1 aliphatic carbocycles. The van der Waals surface area contributed by atoms with Gasteiger partial charge in [-0.1, -0.05) is 0 Å². The van der Waals surface area contributed by atoms with Crippen molar-refractivity contribution < 1.29 is 14.3 Å². The van der Waals surface area contributed by atoms with Crippen LogP contribution in [-0.2, 0) is 15.3 Å². The van der Waals surface area contributed by atoms with E-state index in [4.69, 9.17) is 9.47 Å². The fraction of sp³-hybridized carbons (Fsp3) is 0.500. The van der Waals surface area contributed by atoms with Gasteiger partial charge in [0.25, 0.3) is 0 Å². The third-order valence-electron chi connectivity index (χ3n) is 2.76. The van der Waals surface area contributed by atoms with Gasteiger partial charge in [-0.2, -0.15) is 0 Å². The minimum atomic E-state index is -0.594. The fourth-order valence-electron chi connectivity index (χ4n) is 2.11. The number of hydrogen-bond acceptors (Lipinski definition) is 4. The Labute approximate surface area is 85.6 Å². The number of ether oxygens (including phenoxy) is 2. The molecule has 4 heteroatoms. The molecule has 1 aliphatic heterocycles. The van der Waals surface area contributed by atoms with E-state index in [1.165, 1.54) is 11.3 Å². The Morgan fingerprint density at radius 2 is 2.14 bits per heavy atom. The maximum absolute atomic E-state index is 11.6. The van der Waals surface area contributed by atoms with Gasteiger partial charge in [-0.3, -0.25) is 4.79 Å². The standard InChI is InChI=1S/C10H10O3S/c11-8-1-3-10(12-4-5-13-10)7-2-6-14-9(7)8/h2,6H,1,3-5H2. The highest BCUT2D eigenvalue weighted by Crippen LogP contribution is 2.43. The minimum Gasteiger partial charge on any atom is -0.343 e. The number of carbonyl (C=O) groups is 1. The summed E-state index contributed by atoms with van der Waals surface area (Å²) in [5.41, 5.74) is 0.941. The highest BCUT2D eigenvalue weighted by Gasteiger charge is 2.45. The van der Waals surface area contributed by atoms with E-state index in [2.05, 4.69) is 0 Å². The topological polar surface area (TPSA) is 35.5 Å². The molecule has 0 bridgehead atoms. The van der Waals surface area contributed by atoms with Gasteiger partial charge in [-0.05, 0) is 11.4 Å². The lowest BCUT2D eigenvalue weighted by atomic mass is 9.92. The van der Waals surface area contributed by atoms with Crippen LogP contribution in [0.15, 0.2) is 11.4 Å². The maximum Gasteiger partial charge on any atom is 0.196 e. The molecule has 74 valence electrons. The summed E-state index contributed by atoms with van der Waals surface area (Å²) >= 11 is 1.48. The second-order valence-electron chi connectivity index (χ2n) is 3.54. The molecule has 2 heterocycles. The van der Waals surface area contributed by atoms with Crippen LogP contribution >= 0.6 is 11.3 Å². The second kappa shape index (κ2) is 2.89. The molecule has 3 rings (SSSR count). The third kappa shape index (κ3) is 1.02. The number of fused-ring (bicyclic) bond motifs is 2. The second-order valence-corrected chi connectivity index (χ2v) is 4.45. The summed E-state index contributed by atoms with van der Waals surface area (Å²) in [5.74, 6) is -0.372. The Hall–Kier alpha value is -0.710. The van der Waals surface area contributed by atoms with Crippen LogP contribution < -0.4 is 0 Å². The number of thiophene rings is 1. The van der Waals surface area contributed by atoms with Gasteiger partial charge in [0.05, 0.1) is 18.1 Å². The van der Waals surface area contributed by atoms with Crippen molar-refractivity contribution in [3.05, 3.63) is 21.9 Å². The van der Waals surface area contributed by atoms with Crippen molar-refractivity contribution in [1.29, 1.82) is 0 Å². The molecule has 0 atom stereocenters. The highest BCUT2D eigenvalue weighted by atomic mass is 32.1. The molecule has 0 N–H and O–H groups in total. The van der Waals surface area contributed by atoms with Gasteiger partial charge in [0, 0.05) is 18.4 Å². The van der Waals surface area contributed by atoms with Crippen LogP contribution in [0.4, 0.5) is 0 Å². The van der Waals surface area contributed by atoms with E-state index in [1.807, 2.05) is 11.4 Å². The summed E-state index contributed by atoms with van der Waals surface area (Å²) in [5, 5.41) is 1.93. The zero-order valence-electron chi connectivity index (χ0n) is 7.62. The minimum absolute atomic E-state index is 0.222. The van der Waals surface area contributed by atoms with E-state index in [1.54, 1.807) is 0 Å². The molecule has 0 amide bonds. The van der Waals surface area contributed by atoms with Crippen molar-refractivity contribution in [3.8, 4) is 0 Å². The first-order valence-corrected chi connectivity index (χ1v) is 5.59. The maximum atomic E-state index is 11.6. The van der Waals surface area contributed by atoms with Crippen LogP contribution in [0.2, 0.25) is 0 Å². The molecule has 1 saturated heterocycles. The predicted molar refractivity (Wildman–Crippen MR) is 51.5 cm³/mol. The van der Waals surface area contributed by atoms with Gasteiger partial charge >= 0.3 is 0 Å². The summed E-state index contributed by atoms with van der Waals surface area (Å²) in [6.45, 7) is 1.26. The predicted octanol–water partition coefficient (Wildman–Crippen LogP) is 1.92. The van der Waals surface area contributed by atoms with Crippen LogP contribution in [-0.4, -0.2) is 19.0 Å². The molecule has 1 aromatic heterocycles. The zero-order valence-corrected chi connectivity index (χ0v) is 8.43. The van der Waals surface area contributed by atoms with E-state index >= 15 is 0 Å². The van der Waals surface area contributed by atoms with Crippen molar-refractivity contribution in [3.63, 3.8) is 0 Å². The quantitative estimate of drug-likeness (QED) is 0.656.